The van der Waals surface area contributed by atoms with Crippen LogP contribution >= 0.6 is 0 Å². The van der Waals surface area contributed by atoms with E-state index in [-0.39, 0.29) is 6.04 Å². The van der Waals surface area contributed by atoms with Crippen LogP contribution in [0.3, 0.4) is 0 Å². The molecule has 0 saturated carbocycles. The maximum Gasteiger partial charge on any atom is 0.243 e. The zero-order valence-corrected chi connectivity index (χ0v) is 11.5. The molecule has 20 heavy (non-hydrogen) atoms. The molecule has 1 aromatic carbocycles. The molecule has 2 aromatic rings. The molecule has 4 heteroatoms. The van der Waals surface area contributed by atoms with E-state index in [1.807, 2.05) is 0 Å². The Morgan fingerprint density at radius 2 is 1.90 bits per heavy atom. The highest BCUT2D eigenvalue weighted by molar-refractivity contribution is 5.34. The van der Waals surface area contributed by atoms with E-state index in [4.69, 9.17) is 4.52 Å². The second kappa shape index (κ2) is 5.02. The molecule has 0 spiro atoms. The third-order valence-electron chi connectivity index (χ3n) is 4.48. The summed E-state index contributed by atoms with van der Waals surface area (Å²) in [7, 11) is 0. The molecule has 1 aliphatic carbocycles. The van der Waals surface area contributed by atoms with Gasteiger partial charge in [0.25, 0.3) is 0 Å². The van der Waals surface area contributed by atoms with Crippen molar-refractivity contribution >= 4 is 0 Å². The fourth-order valence-corrected chi connectivity index (χ4v) is 3.36. The van der Waals surface area contributed by atoms with Crippen LogP contribution in [0.5, 0.6) is 0 Å². The molecule has 1 saturated heterocycles. The highest BCUT2D eigenvalue weighted by Crippen LogP contribution is 2.33. The van der Waals surface area contributed by atoms with Crippen LogP contribution in [0, 0.1) is 0 Å². The lowest BCUT2D eigenvalue weighted by atomic mass is 10.0. The summed E-state index contributed by atoms with van der Waals surface area (Å²) in [4.78, 5) is 4.66. The second-order valence-corrected chi connectivity index (χ2v) is 5.87. The summed E-state index contributed by atoms with van der Waals surface area (Å²) in [6, 6.07) is 8.88. The summed E-state index contributed by atoms with van der Waals surface area (Å²) in [6.45, 7) is 1.05. The van der Waals surface area contributed by atoms with Crippen molar-refractivity contribution in [2.45, 2.75) is 44.1 Å². The van der Waals surface area contributed by atoms with E-state index >= 15 is 0 Å². The molecule has 104 valence electrons. The minimum atomic E-state index is 0.258. The van der Waals surface area contributed by atoms with E-state index in [9.17, 15) is 0 Å². The Balaban J connectivity index is 1.52. The summed E-state index contributed by atoms with van der Waals surface area (Å²) >= 11 is 0. The number of hydrogen-bond acceptors (Lipinski definition) is 4. The van der Waals surface area contributed by atoms with Crippen LogP contribution in [0.2, 0.25) is 0 Å². The lowest BCUT2D eigenvalue weighted by Gasteiger charge is -2.19. The van der Waals surface area contributed by atoms with Crippen molar-refractivity contribution in [1.82, 2.24) is 15.5 Å². The topological polar surface area (TPSA) is 51.0 Å². The third-order valence-corrected chi connectivity index (χ3v) is 4.48. The molecule has 2 aliphatic rings. The predicted octanol–water partition coefficient (Wildman–Crippen LogP) is 2.77. The molecule has 2 heterocycles. The fourth-order valence-electron chi connectivity index (χ4n) is 3.36. The van der Waals surface area contributed by atoms with Gasteiger partial charge in [-0.1, -0.05) is 35.8 Å². The normalized spacial score (nSPS) is 22.9. The fraction of sp³-hybridized carbons (Fsp3) is 0.500. The van der Waals surface area contributed by atoms with Gasteiger partial charge in [0.2, 0.25) is 5.89 Å². The van der Waals surface area contributed by atoms with Crippen LogP contribution in [0.4, 0.5) is 0 Å². The first-order valence-electron chi connectivity index (χ1n) is 7.54. The van der Waals surface area contributed by atoms with Crippen molar-refractivity contribution in [1.29, 1.82) is 0 Å². The summed E-state index contributed by atoms with van der Waals surface area (Å²) in [6.07, 6.45) is 5.66. The van der Waals surface area contributed by atoms with Gasteiger partial charge in [0.05, 0.1) is 6.04 Å². The first kappa shape index (κ1) is 12.1. The standard InChI is InChI=1S/C16H19N3O/c1-2-6-12-10-13(9-11(12)5-1)15-18-16(20-19-15)14-7-3-4-8-17-14/h1-2,5-6,13-14,17H,3-4,7-10H2. The lowest BCUT2D eigenvalue weighted by Crippen LogP contribution is -2.27. The van der Waals surface area contributed by atoms with Gasteiger partial charge in [0.1, 0.15) is 0 Å². The molecule has 1 aliphatic heterocycles. The highest BCUT2D eigenvalue weighted by Gasteiger charge is 2.28. The number of nitrogens with one attached hydrogen (secondary N) is 1. The number of rotatable bonds is 2. The molecule has 1 fully saturated rings. The second-order valence-electron chi connectivity index (χ2n) is 5.87. The Kier molecular flexibility index (Phi) is 3.03. The minimum absolute atomic E-state index is 0.258. The van der Waals surface area contributed by atoms with Crippen LogP contribution in [-0.4, -0.2) is 16.7 Å². The van der Waals surface area contributed by atoms with Gasteiger partial charge >= 0.3 is 0 Å². The molecule has 0 amide bonds. The summed E-state index contributed by atoms with van der Waals surface area (Å²) < 4.78 is 5.49. The number of benzene rings is 1. The Morgan fingerprint density at radius 1 is 1.10 bits per heavy atom. The summed E-state index contributed by atoms with van der Waals surface area (Å²) in [5.74, 6) is 2.03. The van der Waals surface area contributed by atoms with E-state index in [0.717, 1.165) is 37.5 Å². The van der Waals surface area contributed by atoms with Crippen LogP contribution < -0.4 is 5.32 Å². The van der Waals surface area contributed by atoms with Crippen LogP contribution in [0.15, 0.2) is 28.8 Å². The Morgan fingerprint density at radius 3 is 2.60 bits per heavy atom. The average molecular weight is 269 g/mol. The zero-order valence-electron chi connectivity index (χ0n) is 11.5. The van der Waals surface area contributed by atoms with Gasteiger partial charge in [-0.3, -0.25) is 0 Å². The number of aromatic nitrogens is 2. The Bertz CT molecular complexity index is 576. The minimum Gasteiger partial charge on any atom is -0.338 e. The smallest absolute Gasteiger partial charge is 0.243 e. The van der Waals surface area contributed by atoms with Crippen molar-refractivity contribution in [2.75, 3.05) is 6.54 Å². The molecule has 4 nitrogen and oxygen atoms in total. The van der Waals surface area contributed by atoms with E-state index in [2.05, 4.69) is 39.7 Å². The molecule has 1 N–H and O–H groups in total. The maximum absolute atomic E-state index is 5.49. The SMILES string of the molecule is c1ccc2c(c1)CC(c1noc(C3CCCCN3)n1)C2. The number of nitrogens with zero attached hydrogens (tertiary/aromatic N) is 2. The Labute approximate surface area is 118 Å². The first-order valence-corrected chi connectivity index (χ1v) is 7.54. The van der Waals surface area contributed by atoms with E-state index in [1.165, 1.54) is 24.0 Å². The molecule has 1 unspecified atom stereocenters. The highest BCUT2D eigenvalue weighted by atomic mass is 16.5. The van der Waals surface area contributed by atoms with E-state index in [0.29, 0.717) is 5.92 Å². The number of hydrogen-bond donors (Lipinski definition) is 1. The van der Waals surface area contributed by atoms with Crippen LogP contribution in [-0.2, 0) is 12.8 Å². The lowest BCUT2D eigenvalue weighted by molar-refractivity contribution is 0.295. The maximum atomic E-state index is 5.49. The van der Waals surface area contributed by atoms with Crippen LogP contribution in [0.25, 0.3) is 0 Å². The van der Waals surface area contributed by atoms with Gasteiger partial charge in [-0.05, 0) is 43.4 Å². The Hall–Kier alpha value is -1.68. The van der Waals surface area contributed by atoms with Gasteiger partial charge in [-0.25, -0.2) is 0 Å². The monoisotopic (exact) mass is 269 g/mol. The molecular formula is C16H19N3O. The van der Waals surface area contributed by atoms with Crippen molar-refractivity contribution in [3.8, 4) is 0 Å². The van der Waals surface area contributed by atoms with Crippen molar-refractivity contribution in [3.05, 3.63) is 47.1 Å². The zero-order chi connectivity index (χ0) is 13.4. The predicted molar refractivity (Wildman–Crippen MR) is 75.5 cm³/mol. The molecular weight excluding hydrogens is 250 g/mol. The first-order chi connectivity index (χ1) is 9.90. The van der Waals surface area contributed by atoms with Gasteiger partial charge in [0, 0.05) is 5.92 Å². The summed E-state index contributed by atoms with van der Waals surface area (Å²) in [5, 5.41) is 7.69. The van der Waals surface area contributed by atoms with Crippen molar-refractivity contribution < 1.29 is 4.52 Å². The number of fused-ring (bicyclic) bond motifs is 1. The third kappa shape index (κ3) is 2.14. The molecule has 1 aromatic heterocycles. The summed E-state index contributed by atoms with van der Waals surface area (Å²) in [5.41, 5.74) is 2.86. The molecule has 4 rings (SSSR count). The molecule has 0 bridgehead atoms. The van der Waals surface area contributed by atoms with Crippen LogP contribution in [0.1, 0.15) is 54.1 Å². The molecule has 0 radical (unpaired) electrons. The van der Waals surface area contributed by atoms with Crippen molar-refractivity contribution in [2.24, 2.45) is 0 Å². The molecule has 1 atom stereocenters. The van der Waals surface area contributed by atoms with Crippen molar-refractivity contribution in [3.63, 3.8) is 0 Å². The average Bonchev–Trinajstić information content (AvgIpc) is 3.14. The quantitative estimate of drug-likeness (QED) is 0.910. The van der Waals surface area contributed by atoms with Gasteiger partial charge < -0.3 is 9.84 Å². The number of piperidine rings is 1. The van der Waals surface area contributed by atoms with Gasteiger partial charge in [-0.15, -0.1) is 0 Å². The largest absolute Gasteiger partial charge is 0.338 e. The van der Waals surface area contributed by atoms with E-state index < -0.39 is 0 Å². The van der Waals surface area contributed by atoms with Gasteiger partial charge in [-0.2, -0.15) is 4.98 Å². The van der Waals surface area contributed by atoms with E-state index in [1.54, 1.807) is 0 Å². The van der Waals surface area contributed by atoms with Gasteiger partial charge in [0.15, 0.2) is 5.82 Å².